The van der Waals surface area contributed by atoms with Gasteiger partial charge in [0.05, 0.1) is 0 Å². The molecule has 0 aromatic heterocycles. The molecule has 5 heteroatoms. The summed E-state index contributed by atoms with van der Waals surface area (Å²) in [6.45, 7) is 19.8. The van der Waals surface area contributed by atoms with E-state index in [-0.39, 0.29) is 16.2 Å². The molecule has 3 aromatic rings. The molecule has 0 aliphatic rings. The zero-order valence-electron chi connectivity index (χ0n) is 24.6. The fourth-order valence-electron chi connectivity index (χ4n) is 4.28. The molecule has 0 aliphatic carbocycles. The minimum absolute atomic E-state index is 0.169. The van der Waals surface area contributed by atoms with Crippen LogP contribution in [0.4, 0.5) is 0 Å². The van der Waals surface area contributed by atoms with Crippen molar-refractivity contribution in [1.29, 1.82) is 0 Å². The van der Waals surface area contributed by atoms with Crippen LogP contribution in [0.5, 0.6) is 17.2 Å². The summed E-state index contributed by atoms with van der Waals surface area (Å²) in [7, 11) is -4.05. The molecule has 38 heavy (non-hydrogen) atoms. The number of hydrogen-bond donors (Lipinski definition) is 0. The molecule has 0 bridgehead atoms. The van der Waals surface area contributed by atoms with E-state index in [1.807, 2.05) is 72.8 Å². The molecule has 0 saturated carbocycles. The van der Waals surface area contributed by atoms with E-state index in [9.17, 15) is 4.57 Å². The van der Waals surface area contributed by atoms with Crippen LogP contribution in [0.1, 0.15) is 79.0 Å². The number of benzene rings is 3. The smallest absolute Gasteiger partial charge is 0.386 e. The lowest BCUT2D eigenvalue weighted by molar-refractivity contribution is 0.298. The van der Waals surface area contributed by atoms with Gasteiger partial charge in [-0.15, -0.1) is 0 Å². The highest BCUT2D eigenvalue weighted by molar-refractivity contribution is 7.49. The summed E-state index contributed by atoms with van der Waals surface area (Å²) in [4.78, 5) is 0. The van der Waals surface area contributed by atoms with Crippen LogP contribution in [0, 0.1) is 16.2 Å². The van der Waals surface area contributed by atoms with Crippen LogP contribution in [0.15, 0.2) is 72.8 Å². The first kappa shape index (κ1) is 29.8. The third-order valence-corrected chi connectivity index (χ3v) is 6.93. The van der Waals surface area contributed by atoms with Crippen molar-refractivity contribution < 1.29 is 18.1 Å². The van der Waals surface area contributed by atoms with E-state index in [4.69, 9.17) is 13.6 Å². The topological polar surface area (TPSA) is 44.8 Å². The van der Waals surface area contributed by atoms with Crippen molar-refractivity contribution in [2.75, 3.05) is 0 Å². The molecule has 0 fully saturated rings. The van der Waals surface area contributed by atoms with Gasteiger partial charge in [-0.2, -0.15) is 4.57 Å². The lowest BCUT2D eigenvalue weighted by atomic mass is 9.88. The van der Waals surface area contributed by atoms with Gasteiger partial charge in [-0.25, -0.2) is 0 Å². The molecule has 0 saturated heterocycles. The molecule has 0 radical (unpaired) electrons. The van der Waals surface area contributed by atoms with Crippen molar-refractivity contribution in [1.82, 2.24) is 0 Å². The lowest BCUT2D eigenvalue weighted by Crippen LogP contribution is -2.10. The second-order valence-corrected chi connectivity index (χ2v) is 15.3. The third kappa shape index (κ3) is 10.6. The highest BCUT2D eigenvalue weighted by Gasteiger charge is 2.33. The van der Waals surface area contributed by atoms with Gasteiger partial charge in [0.25, 0.3) is 0 Å². The second kappa shape index (κ2) is 11.6. The first-order valence-electron chi connectivity index (χ1n) is 13.4. The zero-order chi connectivity index (χ0) is 28.2. The predicted octanol–water partition coefficient (Wildman–Crippen LogP) is 10.1. The number of hydrogen-bond acceptors (Lipinski definition) is 4. The minimum Gasteiger partial charge on any atom is -0.386 e. The van der Waals surface area contributed by atoms with Crippen LogP contribution in [-0.2, 0) is 23.8 Å². The molecule has 0 unspecified atom stereocenters. The van der Waals surface area contributed by atoms with Crippen molar-refractivity contribution >= 4 is 7.82 Å². The minimum atomic E-state index is -4.05. The van der Waals surface area contributed by atoms with Crippen LogP contribution >= 0.6 is 7.82 Å². The molecule has 0 N–H and O–H groups in total. The van der Waals surface area contributed by atoms with Crippen molar-refractivity contribution in [3.8, 4) is 17.2 Å². The molecule has 0 amide bonds. The Hall–Kier alpha value is -2.71. The summed E-state index contributed by atoms with van der Waals surface area (Å²) >= 11 is 0. The molecule has 0 aliphatic heterocycles. The largest absolute Gasteiger partial charge is 0.647 e. The molecule has 4 nitrogen and oxygen atoms in total. The summed E-state index contributed by atoms with van der Waals surface area (Å²) in [5.74, 6) is 1.29. The Morgan fingerprint density at radius 1 is 0.447 bits per heavy atom. The van der Waals surface area contributed by atoms with Crippen molar-refractivity contribution in [2.24, 2.45) is 16.2 Å². The van der Waals surface area contributed by atoms with Gasteiger partial charge < -0.3 is 13.6 Å². The normalized spacial score (nSPS) is 12.8. The SMILES string of the molecule is CC(C)(C)Cc1ccc(OP(=O)(Oc2ccc(CC(C)(C)C)cc2)Oc2ccc(CC(C)(C)C)cc2)cc1. The molecule has 3 rings (SSSR count). The number of phosphoric ester groups is 1. The average molecular weight is 537 g/mol. The molecule has 0 spiro atoms. The van der Waals surface area contributed by atoms with Crippen LogP contribution in [0.3, 0.4) is 0 Å². The van der Waals surface area contributed by atoms with Crippen LogP contribution < -0.4 is 13.6 Å². The van der Waals surface area contributed by atoms with Gasteiger partial charge in [-0.3, -0.25) is 0 Å². The summed E-state index contributed by atoms with van der Waals surface area (Å²) in [5, 5.41) is 0. The Morgan fingerprint density at radius 2 is 0.658 bits per heavy atom. The number of rotatable bonds is 9. The zero-order valence-corrected chi connectivity index (χ0v) is 25.5. The summed E-state index contributed by atoms with van der Waals surface area (Å²) in [6.07, 6.45) is 2.79. The summed E-state index contributed by atoms with van der Waals surface area (Å²) in [6, 6.07) is 22.9. The van der Waals surface area contributed by atoms with Crippen LogP contribution in [0.25, 0.3) is 0 Å². The van der Waals surface area contributed by atoms with E-state index in [2.05, 4.69) is 62.3 Å². The van der Waals surface area contributed by atoms with E-state index in [0.717, 1.165) is 19.3 Å². The first-order valence-corrected chi connectivity index (χ1v) is 14.9. The van der Waals surface area contributed by atoms with E-state index in [1.165, 1.54) is 16.7 Å². The maximum atomic E-state index is 14.0. The quantitative estimate of drug-likeness (QED) is 0.255. The van der Waals surface area contributed by atoms with Crippen molar-refractivity contribution in [3.05, 3.63) is 89.5 Å². The second-order valence-electron chi connectivity index (χ2n) is 13.9. The number of phosphoric acid groups is 1. The van der Waals surface area contributed by atoms with Gasteiger partial charge in [-0.05, 0) is 88.6 Å². The van der Waals surface area contributed by atoms with E-state index < -0.39 is 7.82 Å². The van der Waals surface area contributed by atoms with Crippen molar-refractivity contribution in [2.45, 2.75) is 81.6 Å². The molecule has 0 heterocycles. The molecule has 0 atom stereocenters. The molecule has 206 valence electrons. The lowest BCUT2D eigenvalue weighted by Gasteiger charge is -2.22. The van der Waals surface area contributed by atoms with Gasteiger partial charge in [0.1, 0.15) is 17.2 Å². The Kier molecular flexibility index (Phi) is 9.09. The first-order chi connectivity index (χ1) is 17.5. The summed E-state index contributed by atoms with van der Waals surface area (Å²) in [5.41, 5.74) is 4.06. The van der Waals surface area contributed by atoms with E-state index in [0.29, 0.717) is 17.2 Å². The highest BCUT2D eigenvalue weighted by atomic mass is 31.2. The molecular formula is C33H45O4P. The standard InChI is InChI=1S/C33H45O4P/c1-31(2,3)22-25-10-16-28(17-11-25)35-38(34,36-29-18-12-26(13-19-29)23-32(4,5)6)37-30-20-14-27(15-21-30)24-33(7,8)9/h10-21H,22-24H2,1-9H3. The van der Waals surface area contributed by atoms with Crippen LogP contribution in [-0.4, -0.2) is 0 Å². The van der Waals surface area contributed by atoms with E-state index >= 15 is 0 Å². The van der Waals surface area contributed by atoms with Gasteiger partial charge in [0.15, 0.2) is 0 Å². The molecule has 3 aromatic carbocycles. The fraction of sp³-hybridized carbons (Fsp3) is 0.455. The van der Waals surface area contributed by atoms with Gasteiger partial charge in [-0.1, -0.05) is 98.7 Å². The van der Waals surface area contributed by atoms with Gasteiger partial charge in [0, 0.05) is 0 Å². The average Bonchev–Trinajstić information content (AvgIpc) is 2.75. The Morgan fingerprint density at radius 3 is 0.842 bits per heavy atom. The Balaban J connectivity index is 1.83. The maximum absolute atomic E-state index is 14.0. The van der Waals surface area contributed by atoms with Crippen LogP contribution in [0.2, 0.25) is 0 Å². The molecular weight excluding hydrogens is 491 g/mol. The monoisotopic (exact) mass is 536 g/mol. The van der Waals surface area contributed by atoms with Gasteiger partial charge >= 0.3 is 7.82 Å². The highest BCUT2D eigenvalue weighted by Crippen LogP contribution is 2.50. The Labute approximate surface area is 230 Å². The van der Waals surface area contributed by atoms with Crippen molar-refractivity contribution in [3.63, 3.8) is 0 Å². The van der Waals surface area contributed by atoms with E-state index in [1.54, 1.807) is 0 Å². The Bertz CT molecular complexity index is 1050. The fourth-order valence-corrected chi connectivity index (χ4v) is 5.54. The summed E-state index contributed by atoms with van der Waals surface area (Å²) < 4.78 is 31.8. The third-order valence-electron chi connectivity index (χ3n) is 5.63. The maximum Gasteiger partial charge on any atom is 0.647 e. The predicted molar refractivity (Wildman–Crippen MR) is 158 cm³/mol. The van der Waals surface area contributed by atoms with Gasteiger partial charge in [0.2, 0.25) is 0 Å².